The van der Waals surface area contributed by atoms with Crippen LogP contribution in [0.15, 0.2) is 97.2 Å². The second-order valence-electron chi connectivity index (χ2n) is 13.3. The summed E-state index contributed by atoms with van der Waals surface area (Å²) in [7, 11) is 0. The number of carbonyl (C=O) groups is 2. The summed E-state index contributed by atoms with van der Waals surface area (Å²) in [5.41, 5.74) is 0. The lowest BCUT2D eigenvalue weighted by atomic mass is 10.1. The molecule has 0 aromatic rings. The van der Waals surface area contributed by atoms with E-state index >= 15 is 0 Å². The normalized spacial score (nSPS) is 13.2. The number of ether oxygens (including phenoxy) is 2. The van der Waals surface area contributed by atoms with E-state index in [9.17, 15) is 14.7 Å². The molecule has 0 amide bonds. The van der Waals surface area contributed by atoms with Gasteiger partial charge in [0, 0.05) is 12.8 Å². The second kappa shape index (κ2) is 42.2. The number of hydrogen-bond donors (Lipinski definition) is 1. The molecule has 0 fully saturated rings. The van der Waals surface area contributed by atoms with Gasteiger partial charge in [0.15, 0.2) is 6.10 Å². The molecule has 5 heteroatoms. The summed E-state index contributed by atoms with van der Waals surface area (Å²) in [6, 6.07) is 0. The zero-order chi connectivity index (χ0) is 37.8. The quantitative estimate of drug-likeness (QED) is 0.0396. The standard InChI is InChI=1S/C47H76O5/c1-3-5-7-9-11-13-15-17-19-21-23-25-27-29-31-33-35-37-39-41-46(49)51-44-45(43-48)52-47(50)42-40-38-36-34-32-30-28-26-24-22-20-18-16-14-12-10-8-6-4-2/h6,8,11-14,17-20,24,26,30,32,36,38,45,48H,3-5,7,9-10,15-16,21-23,25,27-29,31,33-35,37,39-44H2,1-2H3/t45-/m0/s1. The topological polar surface area (TPSA) is 72.8 Å². The first kappa shape index (κ1) is 48.8. The number of unbranched alkanes of at least 4 members (excludes halogenated alkanes) is 12. The van der Waals surface area contributed by atoms with Crippen molar-refractivity contribution in [2.45, 2.75) is 174 Å². The number of aliphatic hydroxyl groups excluding tert-OH is 1. The number of hydrogen-bond acceptors (Lipinski definition) is 5. The van der Waals surface area contributed by atoms with Gasteiger partial charge in [0.05, 0.1) is 6.61 Å². The fraction of sp³-hybridized carbons (Fsp3) is 0.617. The molecule has 0 radical (unpaired) electrons. The molecule has 0 spiro atoms. The Morgan fingerprint density at radius 3 is 1.33 bits per heavy atom. The van der Waals surface area contributed by atoms with Gasteiger partial charge in [0.2, 0.25) is 0 Å². The molecule has 0 rings (SSSR count). The largest absolute Gasteiger partial charge is 0.462 e. The number of carbonyl (C=O) groups excluding carboxylic acids is 2. The zero-order valence-electron chi connectivity index (χ0n) is 33.3. The first-order chi connectivity index (χ1) is 25.6. The molecule has 0 saturated carbocycles. The van der Waals surface area contributed by atoms with Crippen molar-refractivity contribution in [1.29, 1.82) is 0 Å². The fourth-order valence-corrected chi connectivity index (χ4v) is 5.26. The zero-order valence-corrected chi connectivity index (χ0v) is 33.3. The van der Waals surface area contributed by atoms with E-state index in [0.29, 0.717) is 12.8 Å². The van der Waals surface area contributed by atoms with Crippen molar-refractivity contribution in [3.63, 3.8) is 0 Å². The van der Waals surface area contributed by atoms with Crippen LogP contribution in [0.3, 0.4) is 0 Å². The van der Waals surface area contributed by atoms with E-state index in [2.05, 4.69) is 98.9 Å². The number of aliphatic hydroxyl groups is 1. The molecule has 0 aliphatic heterocycles. The maximum absolute atomic E-state index is 12.2. The van der Waals surface area contributed by atoms with Crippen LogP contribution >= 0.6 is 0 Å². The Hall–Kier alpha value is -3.18. The Balaban J connectivity index is 3.70. The van der Waals surface area contributed by atoms with Crippen LogP contribution in [-0.2, 0) is 19.1 Å². The van der Waals surface area contributed by atoms with E-state index in [4.69, 9.17) is 9.47 Å². The summed E-state index contributed by atoms with van der Waals surface area (Å²) in [5.74, 6) is -0.701. The van der Waals surface area contributed by atoms with E-state index in [1.807, 2.05) is 12.2 Å². The monoisotopic (exact) mass is 721 g/mol. The molecule has 5 nitrogen and oxygen atoms in total. The lowest BCUT2D eigenvalue weighted by Gasteiger charge is -2.15. The molecule has 0 bridgehead atoms. The van der Waals surface area contributed by atoms with Gasteiger partial charge in [-0.25, -0.2) is 0 Å². The average Bonchev–Trinajstić information content (AvgIpc) is 3.15. The van der Waals surface area contributed by atoms with Crippen molar-refractivity contribution in [2.75, 3.05) is 13.2 Å². The molecule has 0 aliphatic rings. The van der Waals surface area contributed by atoms with Crippen LogP contribution in [-0.4, -0.2) is 36.4 Å². The summed E-state index contributed by atoms with van der Waals surface area (Å²) >= 11 is 0. The van der Waals surface area contributed by atoms with Crippen molar-refractivity contribution in [3.05, 3.63) is 97.2 Å². The molecule has 0 aromatic carbocycles. The number of esters is 2. The van der Waals surface area contributed by atoms with E-state index in [-0.39, 0.29) is 25.6 Å². The summed E-state index contributed by atoms with van der Waals surface area (Å²) in [6.45, 7) is 3.92. The van der Waals surface area contributed by atoms with E-state index in [1.165, 1.54) is 70.6 Å². The van der Waals surface area contributed by atoms with Gasteiger partial charge in [0.1, 0.15) is 6.61 Å². The Morgan fingerprint density at radius 2 is 0.865 bits per heavy atom. The summed E-state index contributed by atoms with van der Waals surface area (Å²) in [5, 5.41) is 9.56. The van der Waals surface area contributed by atoms with Crippen molar-refractivity contribution < 1.29 is 24.2 Å². The SMILES string of the molecule is CCC=CCC=CCC=CCC=CCC=CCC=CCCC(=O)O[C@@H](CO)COC(=O)CCCCCCCCCCCC=CCC=CCCCCC. The molecule has 294 valence electrons. The first-order valence-electron chi connectivity index (χ1n) is 20.8. The van der Waals surface area contributed by atoms with Crippen molar-refractivity contribution >= 4 is 11.9 Å². The fourth-order valence-electron chi connectivity index (χ4n) is 5.26. The number of allylic oxidation sites excluding steroid dienone is 16. The maximum Gasteiger partial charge on any atom is 0.306 e. The van der Waals surface area contributed by atoms with Gasteiger partial charge in [-0.1, -0.05) is 169 Å². The summed E-state index contributed by atoms with van der Waals surface area (Å²) in [4.78, 5) is 24.3. The third-order valence-corrected chi connectivity index (χ3v) is 8.38. The van der Waals surface area contributed by atoms with Gasteiger partial charge in [0.25, 0.3) is 0 Å². The van der Waals surface area contributed by atoms with Crippen molar-refractivity contribution in [3.8, 4) is 0 Å². The van der Waals surface area contributed by atoms with Crippen LogP contribution in [0.1, 0.15) is 168 Å². The van der Waals surface area contributed by atoms with Crippen LogP contribution in [0.4, 0.5) is 0 Å². The highest BCUT2D eigenvalue weighted by Gasteiger charge is 2.15. The molecule has 0 aliphatic carbocycles. The van der Waals surface area contributed by atoms with Gasteiger partial charge in [-0.3, -0.25) is 9.59 Å². The molecule has 0 unspecified atom stereocenters. The minimum absolute atomic E-state index is 0.104. The van der Waals surface area contributed by atoms with Crippen LogP contribution in [0.5, 0.6) is 0 Å². The third kappa shape index (κ3) is 39.6. The molecule has 52 heavy (non-hydrogen) atoms. The van der Waals surface area contributed by atoms with Crippen LogP contribution in [0.2, 0.25) is 0 Å². The molecule has 0 heterocycles. The molecule has 1 N–H and O–H groups in total. The van der Waals surface area contributed by atoms with Crippen LogP contribution < -0.4 is 0 Å². The average molecular weight is 721 g/mol. The number of rotatable bonds is 36. The van der Waals surface area contributed by atoms with E-state index < -0.39 is 12.1 Å². The highest BCUT2D eigenvalue weighted by atomic mass is 16.6. The predicted octanol–water partition coefficient (Wildman–Crippen LogP) is 13.3. The van der Waals surface area contributed by atoms with E-state index in [0.717, 1.165) is 64.2 Å². The van der Waals surface area contributed by atoms with Gasteiger partial charge < -0.3 is 14.6 Å². The van der Waals surface area contributed by atoms with Gasteiger partial charge in [-0.2, -0.15) is 0 Å². The minimum Gasteiger partial charge on any atom is -0.462 e. The lowest BCUT2D eigenvalue weighted by molar-refractivity contribution is -0.161. The van der Waals surface area contributed by atoms with Crippen molar-refractivity contribution in [1.82, 2.24) is 0 Å². The van der Waals surface area contributed by atoms with Crippen LogP contribution in [0.25, 0.3) is 0 Å². The predicted molar refractivity (Wildman–Crippen MR) is 223 cm³/mol. The molecule has 0 saturated heterocycles. The smallest absolute Gasteiger partial charge is 0.306 e. The third-order valence-electron chi connectivity index (χ3n) is 8.38. The van der Waals surface area contributed by atoms with Gasteiger partial charge in [-0.05, 0) is 83.5 Å². The lowest BCUT2D eigenvalue weighted by Crippen LogP contribution is -2.28. The van der Waals surface area contributed by atoms with Crippen molar-refractivity contribution in [2.24, 2.45) is 0 Å². The Bertz CT molecular complexity index is 1040. The summed E-state index contributed by atoms with van der Waals surface area (Å²) < 4.78 is 10.6. The molecular formula is C47H76O5. The van der Waals surface area contributed by atoms with Gasteiger partial charge in [-0.15, -0.1) is 0 Å². The Kier molecular flexibility index (Phi) is 39.7. The second-order valence-corrected chi connectivity index (χ2v) is 13.3. The Labute approximate surface area is 319 Å². The highest BCUT2D eigenvalue weighted by molar-refractivity contribution is 5.70. The maximum atomic E-state index is 12.2. The van der Waals surface area contributed by atoms with Gasteiger partial charge >= 0.3 is 11.9 Å². The summed E-state index contributed by atoms with van der Waals surface area (Å²) in [6.07, 6.45) is 59.1. The molecule has 1 atom stereocenters. The van der Waals surface area contributed by atoms with E-state index in [1.54, 1.807) is 0 Å². The Morgan fingerprint density at radius 1 is 0.462 bits per heavy atom. The molecule has 0 aromatic heterocycles. The minimum atomic E-state index is -0.819. The van der Waals surface area contributed by atoms with Crippen LogP contribution in [0, 0.1) is 0 Å². The molecular weight excluding hydrogens is 645 g/mol. The first-order valence-corrected chi connectivity index (χ1v) is 20.8. The highest BCUT2D eigenvalue weighted by Crippen LogP contribution is 2.12.